The molecule has 1 aromatic heterocycles. The van der Waals surface area contributed by atoms with Gasteiger partial charge in [-0.05, 0) is 29.7 Å². The Bertz CT molecular complexity index is 456. The molecule has 1 N–H and O–H groups in total. The van der Waals surface area contributed by atoms with Gasteiger partial charge in [0.2, 0.25) is 0 Å². The average Bonchev–Trinajstić information content (AvgIpc) is 2.75. The van der Waals surface area contributed by atoms with Crippen LogP contribution in [-0.4, -0.2) is 9.67 Å². The SMILES string of the molecule is CCc1ccc(C(O)c2cccn2C)cc1. The van der Waals surface area contributed by atoms with Gasteiger partial charge in [-0.15, -0.1) is 0 Å². The van der Waals surface area contributed by atoms with Crippen molar-refractivity contribution in [1.82, 2.24) is 4.57 Å². The van der Waals surface area contributed by atoms with Crippen LogP contribution in [0.3, 0.4) is 0 Å². The molecular weight excluding hydrogens is 198 g/mol. The summed E-state index contributed by atoms with van der Waals surface area (Å²) in [6.07, 6.45) is 2.44. The van der Waals surface area contributed by atoms with Gasteiger partial charge >= 0.3 is 0 Å². The van der Waals surface area contributed by atoms with Crippen LogP contribution in [0.1, 0.15) is 29.8 Å². The number of aliphatic hydroxyl groups is 1. The maximum absolute atomic E-state index is 10.2. The molecular formula is C14H17NO. The number of aryl methyl sites for hydroxylation is 2. The molecule has 0 fully saturated rings. The van der Waals surface area contributed by atoms with Crippen molar-refractivity contribution in [2.45, 2.75) is 19.4 Å². The minimum Gasteiger partial charge on any atom is -0.382 e. The van der Waals surface area contributed by atoms with Crippen molar-refractivity contribution >= 4 is 0 Å². The van der Waals surface area contributed by atoms with E-state index in [-0.39, 0.29) is 0 Å². The van der Waals surface area contributed by atoms with Gasteiger partial charge in [0.1, 0.15) is 6.10 Å². The van der Waals surface area contributed by atoms with Crippen LogP contribution < -0.4 is 0 Å². The van der Waals surface area contributed by atoms with Crippen LogP contribution in [0.2, 0.25) is 0 Å². The molecule has 2 nitrogen and oxygen atoms in total. The zero-order valence-electron chi connectivity index (χ0n) is 9.72. The normalized spacial score (nSPS) is 12.7. The Kier molecular flexibility index (Phi) is 3.11. The van der Waals surface area contributed by atoms with Crippen molar-refractivity contribution in [3.8, 4) is 0 Å². The van der Waals surface area contributed by atoms with E-state index < -0.39 is 6.10 Å². The highest BCUT2D eigenvalue weighted by Gasteiger charge is 2.12. The van der Waals surface area contributed by atoms with Gasteiger partial charge < -0.3 is 9.67 Å². The summed E-state index contributed by atoms with van der Waals surface area (Å²) in [5.41, 5.74) is 3.16. The molecule has 0 saturated carbocycles. The lowest BCUT2D eigenvalue weighted by atomic mass is 10.0. The minimum atomic E-state index is -0.536. The summed E-state index contributed by atoms with van der Waals surface area (Å²) in [5, 5.41) is 10.2. The number of rotatable bonds is 3. The fraction of sp³-hybridized carbons (Fsp3) is 0.286. The number of aliphatic hydroxyl groups excluding tert-OH is 1. The lowest BCUT2D eigenvalue weighted by Gasteiger charge is -2.12. The lowest BCUT2D eigenvalue weighted by Crippen LogP contribution is -2.04. The average molecular weight is 215 g/mol. The Balaban J connectivity index is 2.27. The Morgan fingerprint density at radius 1 is 1.19 bits per heavy atom. The van der Waals surface area contributed by atoms with Crippen molar-refractivity contribution in [1.29, 1.82) is 0 Å². The van der Waals surface area contributed by atoms with Gasteiger partial charge in [-0.2, -0.15) is 0 Å². The Morgan fingerprint density at radius 3 is 2.38 bits per heavy atom. The van der Waals surface area contributed by atoms with Crippen LogP contribution in [-0.2, 0) is 13.5 Å². The summed E-state index contributed by atoms with van der Waals surface area (Å²) < 4.78 is 1.94. The molecule has 0 radical (unpaired) electrons. The van der Waals surface area contributed by atoms with E-state index in [2.05, 4.69) is 19.1 Å². The highest BCUT2D eigenvalue weighted by atomic mass is 16.3. The van der Waals surface area contributed by atoms with Gasteiger partial charge in [0.05, 0.1) is 5.69 Å². The van der Waals surface area contributed by atoms with Crippen molar-refractivity contribution in [2.75, 3.05) is 0 Å². The highest BCUT2D eigenvalue weighted by Crippen LogP contribution is 2.22. The summed E-state index contributed by atoms with van der Waals surface area (Å²) >= 11 is 0. The second kappa shape index (κ2) is 4.54. The van der Waals surface area contributed by atoms with E-state index in [1.165, 1.54) is 5.56 Å². The summed E-state index contributed by atoms with van der Waals surface area (Å²) in [7, 11) is 1.94. The first-order valence-electron chi connectivity index (χ1n) is 5.60. The van der Waals surface area contributed by atoms with Gasteiger partial charge in [0.15, 0.2) is 0 Å². The van der Waals surface area contributed by atoms with Crippen LogP contribution >= 0.6 is 0 Å². The largest absolute Gasteiger partial charge is 0.382 e. The molecule has 0 aliphatic carbocycles. The molecule has 1 aromatic carbocycles. The first-order valence-corrected chi connectivity index (χ1v) is 5.60. The van der Waals surface area contributed by atoms with Gasteiger partial charge in [0.25, 0.3) is 0 Å². The van der Waals surface area contributed by atoms with Crippen LogP contribution in [0.4, 0.5) is 0 Å². The van der Waals surface area contributed by atoms with Crippen molar-refractivity contribution in [3.63, 3.8) is 0 Å². The summed E-state index contributed by atoms with van der Waals surface area (Å²) in [6.45, 7) is 2.13. The van der Waals surface area contributed by atoms with Crippen LogP contribution in [0.5, 0.6) is 0 Å². The molecule has 0 spiro atoms. The van der Waals surface area contributed by atoms with Gasteiger partial charge in [-0.25, -0.2) is 0 Å². The van der Waals surface area contributed by atoms with E-state index in [4.69, 9.17) is 0 Å². The third-order valence-electron chi connectivity index (χ3n) is 2.97. The van der Waals surface area contributed by atoms with Crippen molar-refractivity contribution in [2.24, 2.45) is 7.05 Å². The fourth-order valence-electron chi connectivity index (χ4n) is 1.86. The zero-order valence-corrected chi connectivity index (χ0v) is 9.72. The molecule has 0 aliphatic rings. The molecule has 1 heterocycles. The Hall–Kier alpha value is -1.54. The number of nitrogens with zero attached hydrogens (tertiary/aromatic N) is 1. The smallest absolute Gasteiger partial charge is 0.119 e. The topological polar surface area (TPSA) is 25.2 Å². The number of benzene rings is 1. The molecule has 1 atom stereocenters. The first-order chi connectivity index (χ1) is 7.72. The number of hydrogen-bond donors (Lipinski definition) is 1. The maximum Gasteiger partial charge on any atom is 0.119 e. The summed E-state index contributed by atoms with van der Waals surface area (Å²) in [4.78, 5) is 0. The second-order valence-electron chi connectivity index (χ2n) is 4.04. The lowest BCUT2D eigenvalue weighted by molar-refractivity contribution is 0.211. The van der Waals surface area contributed by atoms with Crippen LogP contribution in [0.15, 0.2) is 42.6 Å². The molecule has 84 valence electrons. The van der Waals surface area contributed by atoms with E-state index >= 15 is 0 Å². The molecule has 0 amide bonds. The van der Waals surface area contributed by atoms with Crippen molar-refractivity contribution in [3.05, 3.63) is 59.4 Å². The molecule has 16 heavy (non-hydrogen) atoms. The minimum absolute atomic E-state index is 0.536. The molecule has 0 bridgehead atoms. The van der Waals surface area contributed by atoms with Crippen molar-refractivity contribution < 1.29 is 5.11 Å². The standard InChI is InChI=1S/C14H17NO/c1-3-11-6-8-12(9-7-11)14(16)13-5-4-10-15(13)2/h4-10,14,16H,3H2,1-2H3. The van der Waals surface area contributed by atoms with Crippen LogP contribution in [0, 0.1) is 0 Å². The Labute approximate surface area is 96.2 Å². The molecule has 2 heteroatoms. The zero-order chi connectivity index (χ0) is 11.5. The van der Waals surface area contributed by atoms with E-state index in [1.807, 2.05) is 42.1 Å². The first kappa shape index (κ1) is 11.0. The predicted octanol–water partition coefficient (Wildman–Crippen LogP) is 2.67. The van der Waals surface area contributed by atoms with Gasteiger partial charge in [0, 0.05) is 13.2 Å². The van der Waals surface area contributed by atoms with Gasteiger partial charge in [-0.1, -0.05) is 31.2 Å². The number of hydrogen-bond acceptors (Lipinski definition) is 1. The monoisotopic (exact) mass is 215 g/mol. The maximum atomic E-state index is 10.2. The van der Waals surface area contributed by atoms with E-state index in [0.29, 0.717) is 0 Å². The molecule has 2 aromatic rings. The summed E-state index contributed by atoms with van der Waals surface area (Å²) in [6, 6.07) is 12.0. The second-order valence-corrected chi connectivity index (χ2v) is 4.04. The van der Waals surface area contributed by atoms with Crippen LogP contribution in [0.25, 0.3) is 0 Å². The van der Waals surface area contributed by atoms with E-state index in [1.54, 1.807) is 0 Å². The molecule has 2 rings (SSSR count). The number of aromatic nitrogens is 1. The fourth-order valence-corrected chi connectivity index (χ4v) is 1.86. The Morgan fingerprint density at radius 2 is 1.88 bits per heavy atom. The third kappa shape index (κ3) is 2.02. The van der Waals surface area contributed by atoms with E-state index in [9.17, 15) is 5.11 Å². The summed E-state index contributed by atoms with van der Waals surface area (Å²) in [5.74, 6) is 0. The molecule has 0 saturated heterocycles. The third-order valence-corrected chi connectivity index (χ3v) is 2.97. The highest BCUT2D eigenvalue weighted by molar-refractivity contribution is 5.29. The quantitative estimate of drug-likeness (QED) is 0.836. The predicted molar refractivity (Wildman–Crippen MR) is 65.3 cm³/mol. The molecule has 1 unspecified atom stereocenters. The van der Waals surface area contributed by atoms with Gasteiger partial charge in [-0.3, -0.25) is 0 Å². The van der Waals surface area contributed by atoms with E-state index in [0.717, 1.165) is 17.7 Å². The molecule has 0 aliphatic heterocycles.